The van der Waals surface area contributed by atoms with E-state index < -0.39 is 5.82 Å². The molecule has 0 spiro atoms. The van der Waals surface area contributed by atoms with Gasteiger partial charge in [-0.05, 0) is 12.1 Å². The second-order valence-corrected chi connectivity index (χ2v) is 2.77. The van der Waals surface area contributed by atoms with E-state index in [0.29, 0.717) is 17.3 Å². The van der Waals surface area contributed by atoms with Crippen molar-refractivity contribution in [2.24, 2.45) is 5.84 Å². The molecule has 0 aliphatic carbocycles. The summed E-state index contributed by atoms with van der Waals surface area (Å²) < 4.78 is 12.6. The zero-order chi connectivity index (χ0) is 10.7. The number of hydrazine groups is 1. The molecule has 15 heavy (non-hydrogen) atoms. The molecule has 2 heterocycles. The lowest BCUT2D eigenvalue weighted by molar-refractivity contribution is 0.621. The van der Waals surface area contributed by atoms with Crippen LogP contribution in [0.2, 0.25) is 0 Å². The fourth-order valence-electron chi connectivity index (χ4n) is 1.07. The van der Waals surface area contributed by atoms with Crippen molar-refractivity contribution >= 4 is 5.82 Å². The van der Waals surface area contributed by atoms with Gasteiger partial charge in [0.2, 0.25) is 0 Å². The van der Waals surface area contributed by atoms with E-state index in [0.717, 1.165) is 6.20 Å². The molecule has 0 aliphatic rings. The van der Waals surface area contributed by atoms with E-state index in [2.05, 4.69) is 20.4 Å². The Labute approximate surface area is 85.2 Å². The third kappa shape index (κ3) is 2.05. The molecule has 2 aromatic heterocycles. The summed E-state index contributed by atoms with van der Waals surface area (Å²) in [5, 5.41) is 0. The van der Waals surface area contributed by atoms with Crippen molar-refractivity contribution in [2.75, 3.05) is 5.43 Å². The van der Waals surface area contributed by atoms with Crippen LogP contribution in [0.4, 0.5) is 10.2 Å². The van der Waals surface area contributed by atoms with Gasteiger partial charge in [-0.15, -0.1) is 0 Å². The Morgan fingerprint density at radius 1 is 1.20 bits per heavy atom. The number of pyridine rings is 1. The first-order valence-corrected chi connectivity index (χ1v) is 4.21. The number of hydrogen-bond donors (Lipinski definition) is 2. The van der Waals surface area contributed by atoms with Gasteiger partial charge in [0.05, 0.1) is 6.20 Å². The average Bonchev–Trinajstić information content (AvgIpc) is 2.30. The first-order chi connectivity index (χ1) is 7.29. The van der Waals surface area contributed by atoms with Gasteiger partial charge in [0.25, 0.3) is 0 Å². The van der Waals surface area contributed by atoms with Crippen LogP contribution < -0.4 is 11.3 Å². The molecule has 0 amide bonds. The fourth-order valence-corrected chi connectivity index (χ4v) is 1.07. The van der Waals surface area contributed by atoms with Crippen molar-refractivity contribution in [1.29, 1.82) is 0 Å². The number of nitrogens with zero attached hydrogens (tertiary/aromatic N) is 3. The van der Waals surface area contributed by atoms with Gasteiger partial charge in [-0.25, -0.2) is 25.2 Å². The molecule has 0 aliphatic heterocycles. The van der Waals surface area contributed by atoms with E-state index in [1.54, 1.807) is 12.3 Å². The third-order valence-electron chi connectivity index (χ3n) is 1.76. The molecular formula is C9H8FN5. The summed E-state index contributed by atoms with van der Waals surface area (Å²) in [7, 11) is 0. The quantitative estimate of drug-likeness (QED) is 0.564. The van der Waals surface area contributed by atoms with Gasteiger partial charge in [-0.3, -0.25) is 0 Å². The normalized spacial score (nSPS) is 10.0. The van der Waals surface area contributed by atoms with Crippen molar-refractivity contribution < 1.29 is 4.39 Å². The van der Waals surface area contributed by atoms with Crippen LogP contribution in [0.1, 0.15) is 0 Å². The molecule has 2 aromatic rings. The number of nitrogens with one attached hydrogen (secondary N) is 1. The van der Waals surface area contributed by atoms with Crippen molar-refractivity contribution in [3.05, 3.63) is 36.4 Å². The smallest absolute Gasteiger partial charge is 0.180 e. The molecular weight excluding hydrogens is 197 g/mol. The fraction of sp³-hybridized carbons (Fsp3) is 0. The minimum atomic E-state index is -0.396. The highest BCUT2D eigenvalue weighted by molar-refractivity contribution is 5.51. The molecule has 0 bridgehead atoms. The summed E-state index contributed by atoms with van der Waals surface area (Å²) in [6, 6.07) is 4.42. The second kappa shape index (κ2) is 3.97. The monoisotopic (exact) mass is 205 g/mol. The number of nitrogen functional groups attached to an aromatic ring is 1. The zero-order valence-corrected chi connectivity index (χ0v) is 7.68. The maximum Gasteiger partial charge on any atom is 0.180 e. The Hall–Kier alpha value is -2.08. The number of hydrogen-bond acceptors (Lipinski definition) is 5. The van der Waals surface area contributed by atoms with Crippen LogP contribution in [0.3, 0.4) is 0 Å². The van der Waals surface area contributed by atoms with Crippen LogP contribution in [0.15, 0.2) is 30.6 Å². The summed E-state index contributed by atoms with van der Waals surface area (Å²) in [4.78, 5) is 11.9. The van der Waals surface area contributed by atoms with Crippen molar-refractivity contribution in [2.45, 2.75) is 0 Å². The SMILES string of the molecule is NNc1ccnc(-c2ccc(F)cn2)n1. The van der Waals surface area contributed by atoms with Crippen LogP contribution in [0.25, 0.3) is 11.5 Å². The Morgan fingerprint density at radius 2 is 2.07 bits per heavy atom. The predicted molar refractivity (Wildman–Crippen MR) is 53.0 cm³/mol. The Bertz CT molecular complexity index is 456. The Balaban J connectivity index is 2.40. The number of halogens is 1. The van der Waals surface area contributed by atoms with Gasteiger partial charge in [0, 0.05) is 12.3 Å². The lowest BCUT2D eigenvalue weighted by Crippen LogP contribution is -2.09. The van der Waals surface area contributed by atoms with Crippen molar-refractivity contribution in [3.8, 4) is 11.5 Å². The number of anilines is 1. The minimum Gasteiger partial charge on any atom is -0.308 e. The van der Waals surface area contributed by atoms with Crippen LogP contribution in [-0.2, 0) is 0 Å². The third-order valence-corrected chi connectivity index (χ3v) is 1.76. The maximum absolute atomic E-state index is 12.6. The molecule has 3 N–H and O–H groups in total. The van der Waals surface area contributed by atoms with Crippen LogP contribution in [0.5, 0.6) is 0 Å². The van der Waals surface area contributed by atoms with Crippen LogP contribution >= 0.6 is 0 Å². The standard InChI is InChI=1S/C9H8FN5/c10-6-1-2-7(13-5-6)9-12-4-3-8(14-9)15-11/h1-5H,11H2,(H,12,14,15). The van der Waals surface area contributed by atoms with E-state index in [1.165, 1.54) is 12.1 Å². The molecule has 2 rings (SSSR count). The van der Waals surface area contributed by atoms with E-state index in [9.17, 15) is 4.39 Å². The van der Waals surface area contributed by atoms with Gasteiger partial charge in [-0.2, -0.15) is 0 Å². The lowest BCUT2D eigenvalue weighted by Gasteiger charge is -2.01. The lowest BCUT2D eigenvalue weighted by atomic mass is 10.3. The molecule has 76 valence electrons. The Morgan fingerprint density at radius 3 is 2.73 bits per heavy atom. The number of aromatic nitrogens is 3. The predicted octanol–water partition coefficient (Wildman–Crippen LogP) is 0.963. The summed E-state index contributed by atoms with van der Waals surface area (Å²) in [5.74, 6) is 5.68. The largest absolute Gasteiger partial charge is 0.308 e. The Kier molecular flexibility index (Phi) is 2.51. The van der Waals surface area contributed by atoms with Gasteiger partial charge >= 0.3 is 0 Å². The zero-order valence-electron chi connectivity index (χ0n) is 7.68. The van der Waals surface area contributed by atoms with E-state index in [-0.39, 0.29) is 0 Å². The second-order valence-electron chi connectivity index (χ2n) is 2.77. The highest BCUT2D eigenvalue weighted by atomic mass is 19.1. The number of rotatable bonds is 2. The van der Waals surface area contributed by atoms with Gasteiger partial charge < -0.3 is 5.43 Å². The van der Waals surface area contributed by atoms with Gasteiger partial charge in [-0.1, -0.05) is 0 Å². The van der Waals surface area contributed by atoms with E-state index in [1.807, 2.05) is 0 Å². The summed E-state index contributed by atoms with van der Waals surface area (Å²) >= 11 is 0. The molecule has 0 unspecified atom stereocenters. The molecule has 0 saturated carbocycles. The molecule has 0 atom stereocenters. The maximum atomic E-state index is 12.6. The van der Waals surface area contributed by atoms with Gasteiger partial charge in [0.1, 0.15) is 17.3 Å². The van der Waals surface area contributed by atoms with Crippen molar-refractivity contribution in [3.63, 3.8) is 0 Å². The summed E-state index contributed by atoms with van der Waals surface area (Å²) in [6.45, 7) is 0. The van der Waals surface area contributed by atoms with E-state index >= 15 is 0 Å². The first kappa shape index (κ1) is 9.47. The number of nitrogens with two attached hydrogens (primary N) is 1. The molecule has 5 nitrogen and oxygen atoms in total. The highest BCUT2D eigenvalue weighted by Gasteiger charge is 2.03. The van der Waals surface area contributed by atoms with Gasteiger partial charge in [0.15, 0.2) is 5.82 Å². The topological polar surface area (TPSA) is 76.7 Å². The molecule has 0 aromatic carbocycles. The minimum absolute atomic E-state index is 0.394. The molecule has 0 saturated heterocycles. The highest BCUT2D eigenvalue weighted by Crippen LogP contribution is 2.12. The van der Waals surface area contributed by atoms with E-state index in [4.69, 9.17) is 5.84 Å². The average molecular weight is 205 g/mol. The summed E-state index contributed by atoms with van der Waals surface area (Å²) in [5.41, 5.74) is 2.89. The molecule has 0 radical (unpaired) electrons. The van der Waals surface area contributed by atoms with Crippen LogP contribution in [0, 0.1) is 5.82 Å². The molecule has 6 heteroatoms. The summed E-state index contributed by atoms with van der Waals surface area (Å²) in [6.07, 6.45) is 2.66. The van der Waals surface area contributed by atoms with Crippen molar-refractivity contribution in [1.82, 2.24) is 15.0 Å². The molecule has 0 fully saturated rings. The first-order valence-electron chi connectivity index (χ1n) is 4.21. The van der Waals surface area contributed by atoms with Crippen LogP contribution in [-0.4, -0.2) is 15.0 Å².